The summed E-state index contributed by atoms with van der Waals surface area (Å²) in [5.74, 6) is 0. The van der Waals surface area contributed by atoms with Crippen LogP contribution in [0.5, 0.6) is 0 Å². The Kier molecular flexibility index (Phi) is 7.24. The zero-order chi connectivity index (χ0) is 15.1. The lowest BCUT2D eigenvalue weighted by atomic mass is 10.1. The molecule has 0 saturated carbocycles. The van der Waals surface area contributed by atoms with E-state index >= 15 is 0 Å². The first kappa shape index (κ1) is 17.0. The number of hydrogen-bond acceptors (Lipinski definition) is 3. The molecule has 2 aromatic heterocycles. The molecule has 0 aliphatic heterocycles. The molecule has 2 unspecified atom stereocenters. The van der Waals surface area contributed by atoms with Gasteiger partial charge in [-0.15, -0.1) is 22.7 Å². The molecule has 0 amide bonds. The fourth-order valence-electron chi connectivity index (χ4n) is 2.49. The third kappa shape index (κ3) is 5.41. The summed E-state index contributed by atoms with van der Waals surface area (Å²) in [6.45, 7) is 4.55. The lowest BCUT2D eigenvalue weighted by Crippen LogP contribution is -2.30. The number of rotatable bonds is 9. The lowest BCUT2D eigenvalue weighted by molar-refractivity contribution is 0.457. The second-order valence-electron chi connectivity index (χ2n) is 5.51. The summed E-state index contributed by atoms with van der Waals surface area (Å²) in [6.07, 6.45) is 6.54. The van der Waals surface area contributed by atoms with E-state index in [4.69, 9.17) is 11.6 Å². The number of halogens is 1. The Bertz CT molecular complexity index is 507. The van der Waals surface area contributed by atoms with Crippen molar-refractivity contribution in [2.75, 3.05) is 0 Å². The van der Waals surface area contributed by atoms with Crippen LogP contribution in [0.4, 0.5) is 0 Å². The molecule has 0 radical (unpaired) electrons. The normalized spacial score (nSPS) is 14.2. The summed E-state index contributed by atoms with van der Waals surface area (Å²) < 4.78 is 0.865. The minimum Gasteiger partial charge on any atom is -0.302 e. The summed E-state index contributed by atoms with van der Waals surface area (Å²) in [6, 6.07) is 9.28. The average molecular weight is 342 g/mol. The lowest BCUT2D eigenvalue weighted by Gasteiger charge is -2.22. The molecule has 2 heterocycles. The van der Waals surface area contributed by atoms with Gasteiger partial charge in [0.05, 0.1) is 10.4 Å². The fourth-order valence-corrected chi connectivity index (χ4v) is 4.51. The van der Waals surface area contributed by atoms with Gasteiger partial charge < -0.3 is 5.32 Å². The van der Waals surface area contributed by atoms with Crippen molar-refractivity contribution < 1.29 is 0 Å². The minimum absolute atomic E-state index is 0.281. The predicted octanol–water partition coefficient (Wildman–Crippen LogP) is 6.50. The first-order chi connectivity index (χ1) is 10.2. The van der Waals surface area contributed by atoms with E-state index in [-0.39, 0.29) is 6.04 Å². The average Bonchev–Trinajstić information content (AvgIpc) is 3.12. The topological polar surface area (TPSA) is 12.0 Å². The van der Waals surface area contributed by atoms with Gasteiger partial charge in [0, 0.05) is 15.8 Å². The van der Waals surface area contributed by atoms with Crippen molar-refractivity contribution in [1.29, 1.82) is 0 Å². The van der Waals surface area contributed by atoms with Gasteiger partial charge >= 0.3 is 0 Å². The molecule has 21 heavy (non-hydrogen) atoms. The molecular weight excluding hydrogens is 318 g/mol. The monoisotopic (exact) mass is 341 g/mol. The SMILES string of the molecule is CCCCCCC(C)NC(c1cccs1)c1ccc(Cl)s1. The standard InChI is InChI=1S/C17H24ClNS2/c1-3-4-5-6-8-13(2)19-17(14-9-7-12-20-14)15-10-11-16(18)21-15/h7,9-13,17,19H,3-6,8H2,1-2H3. The van der Waals surface area contributed by atoms with Gasteiger partial charge in [0.25, 0.3) is 0 Å². The Balaban J connectivity index is 1.97. The Morgan fingerprint density at radius 2 is 2.00 bits per heavy atom. The van der Waals surface area contributed by atoms with Crippen molar-refractivity contribution in [2.24, 2.45) is 0 Å². The van der Waals surface area contributed by atoms with Crippen LogP contribution in [-0.4, -0.2) is 6.04 Å². The Morgan fingerprint density at radius 1 is 1.14 bits per heavy atom. The molecular formula is C17H24ClNS2. The highest BCUT2D eigenvalue weighted by molar-refractivity contribution is 7.16. The molecule has 2 aromatic rings. The Hall–Kier alpha value is -0.350. The zero-order valence-corrected chi connectivity index (χ0v) is 15.2. The largest absolute Gasteiger partial charge is 0.302 e. The second kappa shape index (κ2) is 8.94. The van der Waals surface area contributed by atoms with E-state index in [1.807, 2.05) is 17.4 Å². The molecule has 0 fully saturated rings. The number of thiophene rings is 2. The summed E-state index contributed by atoms with van der Waals surface area (Å²) in [5, 5.41) is 5.93. The summed E-state index contributed by atoms with van der Waals surface area (Å²) in [5.41, 5.74) is 0. The van der Waals surface area contributed by atoms with Crippen LogP contribution in [-0.2, 0) is 0 Å². The molecule has 0 saturated heterocycles. The van der Waals surface area contributed by atoms with Gasteiger partial charge in [-0.3, -0.25) is 0 Å². The first-order valence-corrected chi connectivity index (χ1v) is 9.82. The van der Waals surface area contributed by atoms with E-state index in [1.54, 1.807) is 11.3 Å². The summed E-state index contributed by atoms with van der Waals surface area (Å²) in [7, 11) is 0. The highest BCUT2D eigenvalue weighted by atomic mass is 35.5. The van der Waals surface area contributed by atoms with Gasteiger partial charge in [-0.1, -0.05) is 50.3 Å². The summed E-state index contributed by atoms with van der Waals surface area (Å²) >= 11 is 9.60. The first-order valence-electron chi connectivity index (χ1n) is 7.75. The second-order valence-corrected chi connectivity index (χ2v) is 8.23. The van der Waals surface area contributed by atoms with E-state index in [2.05, 4.69) is 42.7 Å². The molecule has 1 nitrogen and oxygen atoms in total. The Labute approximate surface area is 141 Å². The van der Waals surface area contributed by atoms with Crippen LogP contribution >= 0.6 is 34.3 Å². The maximum absolute atomic E-state index is 6.11. The molecule has 4 heteroatoms. The van der Waals surface area contributed by atoms with Gasteiger partial charge in [0.1, 0.15) is 0 Å². The van der Waals surface area contributed by atoms with Gasteiger partial charge in [0.2, 0.25) is 0 Å². The van der Waals surface area contributed by atoms with E-state index in [9.17, 15) is 0 Å². The highest BCUT2D eigenvalue weighted by Crippen LogP contribution is 2.33. The molecule has 0 aliphatic rings. The quantitative estimate of drug-likeness (QED) is 0.513. The molecule has 0 spiro atoms. The molecule has 0 aliphatic carbocycles. The van der Waals surface area contributed by atoms with Gasteiger partial charge in [-0.25, -0.2) is 0 Å². The molecule has 2 atom stereocenters. The summed E-state index contributed by atoms with van der Waals surface area (Å²) in [4.78, 5) is 2.68. The molecule has 0 bridgehead atoms. The van der Waals surface area contributed by atoms with Crippen LogP contribution in [0.2, 0.25) is 4.34 Å². The van der Waals surface area contributed by atoms with Crippen molar-refractivity contribution in [1.82, 2.24) is 5.32 Å². The van der Waals surface area contributed by atoms with E-state index in [0.29, 0.717) is 6.04 Å². The predicted molar refractivity (Wildman–Crippen MR) is 96.8 cm³/mol. The van der Waals surface area contributed by atoms with Crippen molar-refractivity contribution >= 4 is 34.3 Å². The van der Waals surface area contributed by atoms with Crippen LogP contribution in [0.25, 0.3) is 0 Å². The molecule has 0 aromatic carbocycles. The minimum atomic E-state index is 0.281. The fraction of sp³-hybridized carbons (Fsp3) is 0.529. The van der Waals surface area contributed by atoms with Gasteiger partial charge in [0.15, 0.2) is 0 Å². The van der Waals surface area contributed by atoms with Crippen molar-refractivity contribution in [3.05, 3.63) is 43.7 Å². The van der Waals surface area contributed by atoms with Crippen molar-refractivity contribution in [3.63, 3.8) is 0 Å². The third-order valence-electron chi connectivity index (χ3n) is 3.65. The maximum Gasteiger partial charge on any atom is 0.0931 e. The molecule has 1 N–H and O–H groups in total. The van der Waals surface area contributed by atoms with E-state index in [0.717, 1.165) is 4.34 Å². The number of nitrogens with one attached hydrogen (secondary N) is 1. The van der Waals surface area contributed by atoms with Crippen molar-refractivity contribution in [3.8, 4) is 0 Å². The zero-order valence-electron chi connectivity index (χ0n) is 12.8. The van der Waals surface area contributed by atoms with Gasteiger partial charge in [-0.2, -0.15) is 0 Å². The maximum atomic E-state index is 6.11. The van der Waals surface area contributed by atoms with Crippen LogP contribution in [0.1, 0.15) is 61.7 Å². The highest BCUT2D eigenvalue weighted by Gasteiger charge is 2.19. The smallest absolute Gasteiger partial charge is 0.0931 e. The van der Waals surface area contributed by atoms with E-state index in [1.165, 1.54) is 41.9 Å². The molecule has 2 rings (SSSR count). The third-order valence-corrected chi connectivity index (χ3v) is 5.88. The van der Waals surface area contributed by atoms with Crippen molar-refractivity contribution in [2.45, 2.75) is 58.0 Å². The van der Waals surface area contributed by atoms with Crippen LogP contribution in [0.15, 0.2) is 29.6 Å². The number of unbranched alkanes of at least 4 members (excludes halogenated alkanes) is 3. The van der Waals surface area contributed by atoms with Crippen LogP contribution < -0.4 is 5.32 Å². The molecule has 116 valence electrons. The number of hydrogen-bond donors (Lipinski definition) is 1. The van der Waals surface area contributed by atoms with E-state index < -0.39 is 0 Å². The van der Waals surface area contributed by atoms with Crippen LogP contribution in [0.3, 0.4) is 0 Å². The van der Waals surface area contributed by atoms with Crippen LogP contribution in [0, 0.1) is 0 Å². The van der Waals surface area contributed by atoms with Gasteiger partial charge in [-0.05, 0) is 36.9 Å². The Morgan fingerprint density at radius 3 is 2.62 bits per heavy atom.